The summed E-state index contributed by atoms with van der Waals surface area (Å²) in [6, 6.07) is 14.8. The molecule has 0 spiro atoms. The average molecular weight is 211 g/mol. The summed E-state index contributed by atoms with van der Waals surface area (Å²) in [5.74, 6) is 0.560. The van der Waals surface area contributed by atoms with Gasteiger partial charge in [0.1, 0.15) is 0 Å². The number of rotatable bonds is 2. The van der Waals surface area contributed by atoms with Crippen LogP contribution in [0.25, 0.3) is 11.3 Å². The minimum absolute atomic E-state index is 0.560. The second kappa shape index (κ2) is 4.48. The van der Waals surface area contributed by atoms with Gasteiger partial charge in [0, 0.05) is 11.3 Å². The molecule has 1 aromatic heterocycles. The Balaban J connectivity index is 2.44. The van der Waals surface area contributed by atoms with Crippen LogP contribution < -0.4 is 0 Å². The van der Waals surface area contributed by atoms with Crippen molar-refractivity contribution in [3.05, 3.63) is 53.7 Å². The summed E-state index contributed by atoms with van der Waals surface area (Å²) in [6.07, 6.45) is 0. The highest BCUT2D eigenvalue weighted by Crippen LogP contribution is 2.22. The maximum atomic E-state index is 4.54. The molecule has 16 heavy (non-hydrogen) atoms. The van der Waals surface area contributed by atoms with E-state index in [-0.39, 0.29) is 0 Å². The molecule has 0 saturated carbocycles. The first-order valence-corrected chi connectivity index (χ1v) is 5.71. The van der Waals surface area contributed by atoms with Crippen LogP contribution in [0.4, 0.5) is 0 Å². The Kier molecular flexibility index (Phi) is 3.04. The zero-order valence-corrected chi connectivity index (χ0v) is 10.1. The molecule has 0 unspecified atom stereocenters. The average Bonchev–Trinajstić information content (AvgIpc) is 2.29. The molecule has 1 heterocycles. The zero-order valence-electron chi connectivity index (χ0n) is 10.1. The summed E-state index contributed by atoms with van der Waals surface area (Å²) in [6.45, 7) is 6.45. The number of aromatic nitrogens is 1. The van der Waals surface area contributed by atoms with Crippen LogP contribution in [0.5, 0.6) is 0 Å². The first-order valence-electron chi connectivity index (χ1n) is 5.71. The van der Waals surface area contributed by atoms with Crippen LogP contribution in [0, 0.1) is 6.92 Å². The molecule has 1 nitrogen and oxygen atoms in total. The molecular weight excluding hydrogens is 194 g/mol. The zero-order chi connectivity index (χ0) is 11.5. The molecule has 0 fully saturated rings. The van der Waals surface area contributed by atoms with E-state index in [2.05, 4.69) is 55.2 Å². The molecule has 1 aromatic carbocycles. The van der Waals surface area contributed by atoms with Crippen LogP contribution in [-0.4, -0.2) is 4.98 Å². The van der Waals surface area contributed by atoms with Crippen molar-refractivity contribution >= 4 is 0 Å². The van der Waals surface area contributed by atoms with Crippen molar-refractivity contribution < 1.29 is 0 Å². The fourth-order valence-electron chi connectivity index (χ4n) is 1.76. The molecule has 82 valence electrons. The van der Waals surface area contributed by atoms with Crippen LogP contribution in [0.15, 0.2) is 42.5 Å². The normalized spacial score (nSPS) is 10.8. The molecule has 0 aliphatic rings. The van der Waals surface area contributed by atoms with Crippen molar-refractivity contribution in [2.24, 2.45) is 0 Å². The molecule has 1 heteroatoms. The van der Waals surface area contributed by atoms with Crippen molar-refractivity contribution in [1.29, 1.82) is 0 Å². The van der Waals surface area contributed by atoms with Gasteiger partial charge in [-0.3, -0.25) is 4.98 Å². The summed E-state index contributed by atoms with van der Waals surface area (Å²) in [5, 5.41) is 0. The minimum Gasteiger partial charge on any atom is -0.253 e. The molecule has 0 radical (unpaired) electrons. The van der Waals surface area contributed by atoms with E-state index < -0.39 is 0 Å². The lowest BCUT2D eigenvalue weighted by Gasteiger charge is -2.08. The lowest BCUT2D eigenvalue weighted by atomic mass is 9.99. The van der Waals surface area contributed by atoms with Gasteiger partial charge in [-0.1, -0.05) is 38.1 Å². The van der Waals surface area contributed by atoms with Gasteiger partial charge in [0.15, 0.2) is 0 Å². The van der Waals surface area contributed by atoms with E-state index >= 15 is 0 Å². The highest BCUT2D eigenvalue weighted by molar-refractivity contribution is 5.60. The molecule has 2 aromatic rings. The first-order chi connectivity index (χ1) is 7.66. The molecule has 2 rings (SSSR count). The largest absolute Gasteiger partial charge is 0.253 e. The summed E-state index contributed by atoms with van der Waals surface area (Å²) in [5.41, 5.74) is 4.69. The summed E-state index contributed by atoms with van der Waals surface area (Å²) in [4.78, 5) is 4.54. The Morgan fingerprint density at radius 2 is 1.75 bits per heavy atom. The van der Waals surface area contributed by atoms with Crippen molar-refractivity contribution in [2.75, 3.05) is 0 Å². The topological polar surface area (TPSA) is 12.9 Å². The van der Waals surface area contributed by atoms with Crippen LogP contribution >= 0.6 is 0 Å². The van der Waals surface area contributed by atoms with Crippen molar-refractivity contribution in [2.45, 2.75) is 26.7 Å². The van der Waals surface area contributed by atoms with Gasteiger partial charge in [0.25, 0.3) is 0 Å². The number of hydrogen-bond donors (Lipinski definition) is 0. The van der Waals surface area contributed by atoms with E-state index in [9.17, 15) is 0 Å². The van der Waals surface area contributed by atoms with Crippen LogP contribution in [0.2, 0.25) is 0 Å². The third-order valence-electron chi connectivity index (χ3n) is 2.74. The number of nitrogens with zero attached hydrogens (tertiary/aromatic N) is 1. The van der Waals surface area contributed by atoms with Gasteiger partial charge in [0.05, 0.1) is 5.69 Å². The second-order valence-corrected chi connectivity index (χ2v) is 4.44. The predicted octanol–water partition coefficient (Wildman–Crippen LogP) is 4.18. The lowest BCUT2D eigenvalue weighted by Crippen LogP contribution is -1.90. The smallest absolute Gasteiger partial charge is 0.0705 e. The third-order valence-corrected chi connectivity index (χ3v) is 2.74. The Morgan fingerprint density at radius 1 is 1.00 bits per heavy atom. The number of hydrogen-bond acceptors (Lipinski definition) is 1. The minimum atomic E-state index is 0.560. The maximum absolute atomic E-state index is 4.54. The summed E-state index contributed by atoms with van der Waals surface area (Å²) in [7, 11) is 0. The SMILES string of the molecule is Cc1cccc(-c2cccc(C(C)C)c2)n1. The fourth-order valence-corrected chi connectivity index (χ4v) is 1.76. The molecule has 0 aliphatic heterocycles. The molecule has 0 amide bonds. The van der Waals surface area contributed by atoms with Gasteiger partial charge in [-0.25, -0.2) is 0 Å². The molecule has 0 bridgehead atoms. The highest BCUT2D eigenvalue weighted by Gasteiger charge is 2.03. The van der Waals surface area contributed by atoms with Gasteiger partial charge >= 0.3 is 0 Å². The van der Waals surface area contributed by atoms with E-state index in [4.69, 9.17) is 0 Å². The van der Waals surface area contributed by atoms with Gasteiger partial charge < -0.3 is 0 Å². The molecule has 0 atom stereocenters. The Bertz CT molecular complexity index is 486. The molecular formula is C15H17N. The summed E-state index contributed by atoms with van der Waals surface area (Å²) < 4.78 is 0. The van der Waals surface area contributed by atoms with Crippen molar-refractivity contribution in [3.63, 3.8) is 0 Å². The van der Waals surface area contributed by atoms with Crippen molar-refractivity contribution in [3.8, 4) is 11.3 Å². The number of pyridine rings is 1. The van der Waals surface area contributed by atoms with E-state index in [0.717, 1.165) is 11.4 Å². The van der Waals surface area contributed by atoms with E-state index in [0.29, 0.717) is 5.92 Å². The Hall–Kier alpha value is -1.63. The van der Waals surface area contributed by atoms with Crippen LogP contribution in [-0.2, 0) is 0 Å². The quantitative estimate of drug-likeness (QED) is 0.726. The van der Waals surface area contributed by atoms with Gasteiger partial charge in [-0.15, -0.1) is 0 Å². The van der Waals surface area contributed by atoms with E-state index in [1.807, 2.05) is 13.0 Å². The van der Waals surface area contributed by atoms with Gasteiger partial charge in [0.2, 0.25) is 0 Å². The Morgan fingerprint density at radius 3 is 2.44 bits per heavy atom. The lowest BCUT2D eigenvalue weighted by molar-refractivity contribution is 0.867. The molecule has 0 N–H and O–H groups in total. The molecule has 0 aliphatic carbocycles. The standard InChI is InChI=1S/C15H17N/c1-11(2)13-7-5-8-14(10-13)15-9-4-6-12(3)16-15/h4-11H,1-3H3. The predicted molar refractivity (Wildman–Crippen MR) is 68.5 cm³/mol. The monoisotopic (exact) mass is 211 g/mol. The van der Waals surface area contributed by atoms with E-state index in [1.165, 1.54) is 11.1 Å². The van der Waals surface area contributed by atoms with Gasteiger partial charge in [-0.2, -0.15) is 0 Å². The maximum Gasteiger partial charge on any atom is 0.0705 e. The summed E-state index contributed by atoms with van der Waals surface area (Å²) >= 11 is 0. The van der Waals surface area contributed by atoms with Crippen molar-refractivity contribution in [1.82, 2.24) is 4.98 Å². The van der Waals surface area contributed by atoms with Crippen LogP contribution in [0.1, 0.15) is 31.0 Å². The highest BCUT2D eigenvalue weighted by atomic mass is 14.7. The fraction of sp³-hybridized carbons (Fsp3) is 0.267. The van der Waals surface area contributed by atoms with Crippen LogP contribution in [0.3, 0.4) is 0 Å². The first kappa shape index (κ1) is 10.9. The number of benzene rings is 1. The van der Waals surface area contributed by atoms with Gasteiger partial charge in [-0.05, 0) is 36.6 Å². The van der Waals surface area contributed by atoms with E-state index in [1.54, 1.807) is 0 Å². The Labute approximate surface area is 97.2 Å². The third kappa shape index (κ3) is 2.30. The molecule has 0 saturated heterocycles. The second-order valence-electron chi connectivity index (χ2n) is 4.44. The number of aryl methyl sites for hydroxylation is 1.